The molecule has 0 spiro atoms. The molecule has 1 aromatic carbocycles. The molecule has 1 aliphatic carbocycles. The maximum absolute atomic E-state index is 10.6. The molecule has 4 nitrogen and oxygen atoms in total. The quantitative estimate of drug-likeness (QED) is 0.487. The predicted molar refractivity (Wildman–Crippen MR) is 64.2 cm³/mol. The monoisotopic (exact) mass is 285 g/mol. The lowest BCUT2D eigenvalue weighted by atomic mass is 9.96. The Kier molecular flexibility index (Phi) is 3.14. The smallest absolute Gasteiger partial charge is 0.273 e. The minimum Gasteiger partial charge on any atom is -0.490 e. The van der Waals surface area contributed by atoms with Crippen molar-refractivity contribution in [2.45, 2.75) is 30.7 Å². The van der Waals surface area contributed by atoms with Gasteiger partial charge < -0.3 is 4.74 Å². The second kappa shape index (κ2) is 4.41. The Morgan fingerprint density at radius 1 is 1.50 bits per heavy atom. The van der Waals surface area contributed by atoms with E-state index < -0.39 is 4.92 Å². The van der Waals surface area contributed by atoms with Gasteiger partial charge in [0.05, 0.1) is 11.0 Å². The summed E-state index contributed by atoms with van der Waals surface area (Å²) in [7, 11) is 0. The molecule has 0 unspecified atom stereocenters. The molecular formula is C11H12BrNO3. The highest BCUT2D eigenvalue weighted by Crippen LogP contribution is 2.33. The molecular weight excluding hydrogens is 274 g/mol. The molecule has 0 aromatic heterocycles. The number of aryl methyl sites for hydroxylation is 1. The number of nitrogens with zero attached hydrogens (tertiary/aromatic N) is 1. The number of benzene rings is 1. The average molecular weight is 286 g/mol. The molecule has 0 N–H and O–H groups in total. The predicted octanol–water partition coefficient (Wildman–Crippen LogP) is 3.21. The van der Waals surface area contributed by atoms with Gasteiger partial charge in [-0.3, -0.25) is 10.1 Å². The molecule has 16 heavy (non-hydrogen) atoms. The standard InChI is InChI=1S/C11H12BrNO3/c1-7-2-3-9(13(14)15)6-11(7)16-10-4-8(12)5-10/h2-3,6,8,10H,4-5H2,1H3. The third-order valence-corrected chi connectivity index (χ3v) is 3.46. The molecule has 0 heterocycles. The number of nitro groups is 1. The van der Waals surface area contributed by atoms with Gasteiger partial charge in [-0.2, -0.15) is 0 Å². The molecule has 0 amide bonds. The van der Waals surface area contributed by atoms with Gasteiger partial charge in [0.15, 0.2) is 0 Å². The van der Waals surface area contributed by atoms with Gasteiger partial charge in [0.25, 0.3) is 5.69 Å². The largest absolute Gasteiger partial charge is 0.490 e. The van der Waals surface area contributed by atoms with Gasteiger partial charge in [0.2, 0.25) is 0 Å². The van der Waals surface area contributed by atoms with Crippen LogP contribution in [0, 0.1) is 17.0 Å². The van der Waals surface area contributed by atoms with Gasteiger partial charge >= 0.3 is 0 Å². The summed E-state index contributed by atoms with van der Waals surface area (Å²) in [5, 5.41) is 10.6. The van der Waals surface area contributed by atoms with Crippen molar-refractivity contribution < 1.29 is 9.66 Å². The summed E-state index contributed by atoms with van der Waals surface area (Å²) < 4.78 is 5.71. The number of rotatable bonds is 3. The van der Waals surface area contributed by atoms with Gasteiger partial charge in [-0.25, -0.2) is 0 Å². The maximum atomic E-state index is 10.6. The highest BCUT2D eigenvalue weighted by atomic mass is 79.9. The zero-order valence-electron chi connectivity index (χ0n) is 8.85. The van der Waals surface area contributed by atoms with Crippen LogP contribution >= 0.6 is 15.9 Å². The normalized spacial score (nSPS) is 23.6. The Morgan fingerprint density at radius 3 is 2.75 bits per heavy atom. The van der Waals surface area contributed by atoms with E-state index >= 15 is 0 Å². The Morgan fingerprint density at radius 2 is 2.19 bits per heavy atom. The minimum atomic E-state index is -0.402. The summed E-state index contributed by atoms with van der Waals surface area (Å²) in [4.78, 5) is 10.8. The van der Waals surface area contributed by atoms with Gasteiger partial charge in [0.1, 0.15) is 11.9 Å². The number of hydrogen-bond acceptors (Lipinski definition) is 3. The lowest BCUT2D eigenvalue weighted by Crippen LogP contribution is -2.34. The van der Waals surface area contributed by atoms with Crippen molar-refractivity contribution in [3.05, 3.63) is 33.9 Å². The van der Waals surface area contributed by atoms with Gasteiger partial charge in [-0.05, 0) is 31.4 Å². The Labute approximate surface area is 102 Å². The Balaban J connectivity index is 2.12. The second-order valence-corrected chi connectivity index (χ2v) is 5.31. The van der Waals surface area contributed by atoms with Crippen LogP contribution in [0.3, 0.4) is 0 Å². The lowest BCUT2D eigenvalue weighted by Gasteiger charge is -2.31. The molecule has 1 fully saturated rings. The van der Waals surface area contributed by atoms with Crippen LogP contribution in [-0.2, 0) is 0 Å². The van der Waals surface area contributed by atoms with Crippen molar-refractivity contribution in [1.82, 2.24) is 0 Å². The number of non-ortho nitro benzene ring substituents is 1. The van der Waals surface area contributed by atoms with Gasteiger partial charge in [-0.1, -0.05) is 15.9 Å². The third kappa shape index (κ3) is 2.35. The molecule has 5 heteroatoms. The van der Waals surface area contributed by atoms with Crippen LogP contribution in [0.5, 0.6) is 5.75 Å². The summed E-state index contributed by atoms with van der Waals surface area (Å²) in [5.41, 5.74) is 1.01. The topological polar surface area (TPSA) is 52.4 Å². The molecule has 1 aliphatic rings. The first-order chi connectivity index (χ1) is 7.56. The van der Waals surface area contributed by atoms with E-state index in [1.165, 1.54) is 12.1 Å². The van der Waals surface area contributed by atoms with Crippen LogP contribution in [-0.4, -0.2) is 15.9 Å². The summed E-state index contributed by atoms with van der Waals surface area (Å²) in [6, 6.07) is 4.71. The van der Waals surface area contributed by atoms with Crippen LogP contribution in [0.1, 0.15) is 18.4 Å². The molecule has 0 bridgehead atoms. The van der Waals surface area contributed by atoms with E-state index in [1.807, 2.05) is 6.92 Å². The first-order valence-corrected chi connectivity index (χ1v) is 6.03. The molecule has 0 aliphatic heterocycles. The molecule has 0 saturated heterocycles. The Hall–Kier alpha value is -1.10. The van der Waals surface area contributed by atoms with E-state index in [1.54, 1.807) is 6.07 Å². The van der Waals surface area contributed by atoms with E-state index in [9.17, 15) is 10.1 Å². The van der Waals surface area contributed by atoms with Crippen molar-refractivity contribution >= 4 is 21.6 Å². The van der Waals surface area contributed by atoms with Crippen LogP contribution < -0.4 is 4.74 Å². The fourth-order valence-electron chi connectivity index (χ4n) is 1.61. The van der Waals surface area contributed by atoms with Crippen LogP contribution in [0.15, 0.2) is 18.2 Å². The summed E-state index contributed by atoms with van der Waals surface area (Å²) in [5.74, 6) is 0.624. The van der Waals surface area contributed by atoms with E-state index in [2.05, 4.69) is 15.9 Å². The van der Waals surface area contributed by atoms with Crippen molar-refractivity contribution in [1.29, 1.82) is 0 Å². The fourth-order valence-corrected chi connectivity index (χ4v) is 2.44. The Bertz CT molecular complexity index is 416. The molecule has 0 atom stereocenters. The summed E-state index contributed by atoms with van der Waals surface area (Å²) >= 11 is 3.48. The second-order valence-electron chi connectivity index (χ2n) is 4.02. The molecule has 0 radical (unpaired) electrons. The van der Waals surface area contributed by atoms with Crippen LogP contribution in [0.4, 0.5) is 5.69 Å². The van der Waals surface area contributed by atoms with E-state index in [0.29, 0.717) is 10.6 Å². The van der Waals surface area contributed by atoms with Gasteiger partial charge in [0, 0.05) is 10.9 Å². The van der Waals surface area contributed by atoms with Crippen molar-refractivity contribution in [2.24, 2.45) is 0 Å². The number of alkyl halides is 1. The fraction of sp³-hybridized carbons (Fsp3) is 0.455. The third-order valence-electron chi connectivity index (χ3n) is 2.71. The van der Waals surface area contributed by atoms with E-state index in [0.717, 1.165) is 18.4 Å². The SMILES string of the molecule is Cc1ccc([N+](=O)[O-])cc1OC1CC(Br)C1. The first-order valence-electron chi connectivity index (χ1n) is 5.12. The highest BCUT2D eigenvalue weighted by Gasteiger charge is 2.29. The lowest BCUT2D eigenvalue weighted by molar-refractivity contribution is -0.385. The number of ether oxygens (including phenoxy) is 1. The summed E-state index contributed by atoms with van der Waals surface area (Å²) in [6.07, 6.45) is 2.11. The zero-order chi connectivity index (χ0) is 11.7. The summed E-state index contributed by atoms with van der Waals surface area (Å²) in [6.45, 7) is 1.89. The maximum Gasteiger partial charge on any atom is 0.273 e. The average Bonchev–Trinajstić information content (AvgIpc) is 2.18. The van der Waals surface area contributed by atoms with Crippen molar-refractivity contribution in [2.75, 3.05) is 0 Å². The molecule has 1 aromatic rings. The molecule has 2 rings (SSSR count). The highest BCUT2D eigenvalue weighted by molar-refractivity contribution is 9.09. The van der Waals surface area contributed by atoms with E-state index in [4.69, 9.17) is 4.74 Å². The van der Waals surface area contributed by atoms with Crippen molar-refractivity contribution in [3.8, 4) is 5.75 Å². The molecule has 1 saturated carbocycles. The minimum absolute atomic E-state index is 0.0790. The van der Waals surface area contributed by atoms with Crippen molar-refractivity contribution in [3.63, 3.8) is 0 Å². The number of nitro benzene ring substituents is 1. The van der Waals surface area contributed by atoms with Crippen LogP contribution in [0.2, 0.25) is 0 Å². The number of hydrogen-bond donors (Lipinski definition) is 0. The number of halogens is 1. The van der Waals surface area contributed by atoms with Gasteiger partial charge in [-0.15, -0.1) is 0 Å². The zero-order valence-corrected chi connectivity index (χ0v) is 10.4. The molecule has 86 valence electrons. The van der Waals surface area contributed by atoms with E-state index in [-0.39, 0.29) is 11.8 Å². The first kappa shape index (κ1) is 11.4. The van der Waals surface area contributed by atoms with Crippen LogP contribution in [0.25, 0.3) is 0 Å².